The lowest BCUT2D eigenvalue weighted by molar-refractivity contribution is -0.167. The number of carbonyl (C=O) groups excluding carboxylic acids is 3. The summed E-state index contributed by atoms with van der Waals surface area (Å²) in [5.41, 5.74) is 0. The first kappa shape index (κ1) is 50.4. The van der Waals surface area contributed by atoms with Gasteiger partial charge in [0.15, 0.2) is 6.10 Å². The van der Waals surface area contributed by atoms with Crippen molar-refractivity contribution in [3.63, 3.8) is 0 Å². The van der Waals surface area contributed by atoms with Gasteiger partial charge >= 0.3 is 17.9 Å². The van der Waals surface area contributed by atoms with Crippen LogP contribution >= 0.6 is 0 Å². The van der Waals surface area contributed by atoms with E-state index in [-0.39, 0.29) is 31.1 Å². The Labute approximate surface area is 323 Å². The Morgan fingerprint density at radius 1 is 0.385 bits per heavy atom. The summed E-state index contributed by atoms with van der Waals surface area (Å²) in [5, 5.41) is 0. The number of hydrogen-bond donors (Lipinski definition) is 0. The van der Waals surface area contributed by atoms with Crippen molar-refractivity contribution >= 4 is 17.9 Å². The maximum absolute atomic E-state index is 12.6. The molecule has 0 saturated carbocycles. The van der Waals surface area contributed by atoms with Crippen LogP contribution in [0.5, 0.6) is 0 Å². The van der Waals surface area contributed by atoms with Gasteiger partial charge in [0.1, 0.15) is 13.2 Å². The molecule has 0 N–H and O–H groups in total. The molecule has 0 radical (unpaired) electrons. The molecule has 0 aliphatic heterocycles. The van der Waals surface area contributed by atoms with Gasteiger partial charge in [0, 0.05) is 19.3 Å². The summed E-state index contributed by atoms with van der Waals surface area (Å²) < 4.78 is 16.5. The highest BCUT2D eigenvalue weighted by Gasteiger charge is 2.19. The quantitative estimate of drug-likeness (QED) is 0.0353. The molecule has 0 fully saturated rings. The summed E-state index contributed by atoms with van der Waals surface area (Å²) in [7, 11) is 0. The fourth-order valence-electron chi connectivity index (χ4n) is 6.77. The molecule has 0 aromatic carbocycles. The summed E-state index contributed by atoms with van der Waals surface area (Å²) in [6, 6.07) is 0. The molecule has 52 heavy (non-hydrogen) atoms. The zero-order chi connectivity index (χ0) is 38.2. The molecule has 0 amide bonds. The predicted molar refractivity (Wildman–Crippen MR) is 220 cm³/mol. The fourth-order valence-corrected chi connectivity index (χ4v) is 6.77. The topological polar surface area (TPSA) is 78.9 Å². The second kappa shape index (κ2) is 40.6. The smallest absolute Gasteiger partial charge is 0.306 e. The van der Waals surface area contributed by atoms with Crippen LogP contribution in [0, 0.1) is 5.92 Å². The summed E-state index contributed by atoms with van der Waals surface area (Å²) in [6.07, 6.45) is 39.9. The zero-order valence-electron chi connectivity index (χ0n) is 35.3. The van der Waals surface area contributed by atoms with Crippen molar-refractivity contribution in [3.8, 4) is 0 Å². The van der Waals surface area contributed by atoms with E-state index >= 15 is 0 Å². The summed E-state index contributed by atoms with van der Waals surface area (Å²) in [5.74, 6) is 0.0333. The van der Waals surface area contributed by atoms with Crippen LogP contribution in [-0.4, -0.2) is 37.2 Å². The van der Waals surface area contributed by atoms with E-state index in [0.29, 0.717) is 19.3 Å². The second-order valence-corrected chi connectivity index (χ2v) is 15.9. The first-order valence-corrected chi connectivity index (χ1v) is 22.9. The van der Waals surface area contributed by atoms with Crippen LogP contribution in [0.1, 0.15) is 252 Å². The third-order valence-electron chi connectivity index (χ3n) is 10.7. The highest BCUT2D eigenvalue weighted by Crippen LogP contribution is 2.17. The van der Waals surface area contributed by atoms with Crippen LogP contribution in [0.4, 0.5) is 0 Å². The van der Waals surface area contributed by atoms with Gasteiger partial charge in [-0.05, 0) is 25.2 Å². The maximum Gasteiger partial charge on any atom is 0.306 e. The van der Waals surface area contributed by atoms with Gasteiger partial charge in [0.2, 0.25) is 0 Å². The van der Waals surface area contributed by atoms with Crippen molar-refractivity contribution in [1.29, 1.82) is 0 Å². The Hall–Kier alpha value is -1.59. The molecule has 6 heteroatoms. The molecule has 0 aromatic rings. The van der Waals surface area contributed by atoms with Gasteiger partial charge in [-0.1, -0.05) is 214 Å². The number of carbonyl (C=O) groups is 3. The maximum atomic E-state index is 12.6. The molecule has 2 atom stereocenters. The third kappa shape index (κ3) is 38.1. The highest BCUT2D eigenvalue weighted by atomic mass is 16.6. The van der Waals surface area contributed by atoms with Gasteiger partial charge in [-0.15, -0.1) is 0 Å². The number of rotatable bonds is 41. The average Bonchev–Trinajstić information content (AvgIpc) is 3.14. The first-order valence-electron chi connectivity index (χ1n) is 22.9. The van der Waals surface area contributed by atoms with E-state index < -0.39 is 6.10 Å². The van der Waals surface area contributed by atoms with Crippen LogP contribution < -0.4 is 0 Å². The Morgan fingerprint density at radius 2 is 0.673 bits per heavy atom. The standard InChI is InChI=1S/C46H88O6/c1-5-8-10-12-25-30-34-38-45(48)51-41-43(40-50-44(47)37-33-28-11-9-6-2)52-46(49)39-35-31-27-24-22-20-18-16-14-13-15-17-19-21-23-26-29-32-36-42(4)7-3/h42-43H,5-41H2,1-4H3/t42?,43-/m1/s1. The first-order chi connectivity index (χ1) is 25.4. The van der Waals surface area contributed by atoms with Gasteiger partial charge < -0.3 is 14.2 Å². The van der Waals surface area contributed by atoms with Crippen molar-refractivity contribution in [2.45, 2.75) is 259 Å². The molecular weight excluding hydrogens is 649 g/mol. The lowest BCUT2D eigenvalue weighted by Gasteiger charge is -2.18. The summed E-state index contributed by atoms with van der Waals surface area (Å²) in [4.78, 5) is 37.3. The molecule has 1 unspecified atom stereocenters. The SMILES string of the molecule is CCCCCCCCCC(=O)OC[C@@H](COC(=O)CCCCCCC)OC(=O)CCCCCCCCCCCCCCCCCCCCC(C)CC. The average molecular weight is 737 g/mol. The minimum Gasteiger partial charge on any atom is -0.462 e. The van der Waals surface area contributed by atoms with E-state index in [2.05, 4.69) is 27.7 Å². The lowest BCUT2D eigenvalue weighted by atomic mass is 9.99. The van der Waals surface area contributed by atoms with E-state index in [4.69, 9.17) is 14.2 Å². The largest absolute Gasteiger partial charge is 0.462 e. The Bertz CT molecular complexity index is 783. The Morgan fingerprint density at radius 3 is 1.00 bits per heavy atom. The fraction of sp³-hybridized carbons (Fsp3) is 0.935. The van der Waals surface area contributed by atoms with Crippen molar-refractivity contribution < 1.29 is 28.6 Å². The Kier molecular flexibility index (Phi) is 39.4. The molecule has 0 aliphatic rings. The van der Waals surface area contributed by atoms with Crippen molar-refractivity contribution in [1.82, 2.24) is 0 Å². The molecule has 0 saturated heterocycles. The zero-order valence-corrected chi connectivity index (χ0v) is 35.3. The number of ether oxygens (including phenoxy) is 3. The molecule has 0 bridgehead atoms. The van der Waals surface area contributed by atoms with Crippen molar-refractivity contribution in [2.75, 3.05) is 13.2 Å². The van der Waals surface area contributed by atoms with Gasteiger partial charge in [-0.3, -0.25) is 14.4 Å². The summed E-state index contributed by atoms with van der Waals surface area (Å²) >= 11 is 0. The molecule has 6 nitrogen and oxygen atoms in total. The van der Waals surface area contributed by atoms with E-state index in [9.17, 15) is 14.4 Å². The minimum atomic E-state index is -0.756. The molecular formula is C46H88O6. The highest BCUT2D eigenvalue weighted by molar-refractivity contribution is 5.71. The Balaban J connectivity index is 4.00. The summed E-state index contributed by atoms with van der Waals surface area (Å²) in [6.45, 7) is 8.93. The van der Waals surface area contributed by atoms with E-state index in [1.165, 1.54) is 141 Å². The number of unbranched alkanes of at least 4 members (excludes halogenated alkanes) is 27. The monoisotopic (exact) mass is 737 g/mol. The van der Waals surface area contributed by atoms with Crippen LogP contribution in [0.2, 0.25) is 0 Å². The van der Waals surface area contributed by atoms with Crippen LogP contribution in [0.3, 0.4) is 0 Å². The van der Waals surface area contributed by atoms with Gasteiger partial charge in [0.25, 0.3) is 0 Å². The van der Waals surface area contributed by atoms with Crippen molar-refractivity contribution in [3.05, 3.63) is 0 Å². The molecule has 0 spiro atoms. The normalized spacial score (nSPS) is 12.5. The van der Waals surface area contributed by atoms with E-state index in [1.807, 2.05) is 0 Å². The van der Waals surface area contributed by atoms with E-state index in [0.717, 1.165) is 70.1 Å². The molecule has 0 heterocycles. The molecule has 308 valence electrons. The molecule has 0 aliphatic carbocycles. The van der Waals surface area contributed by atoms with Crippen molar-refractivity contribution in [2.24, 2.45) is 5.92 Å². The lowest BCUT2D eigenvalue weighted by Crippen LogP contribution is -2.30. The predicted octanol–water partition coefficient (Wildman–Crippen LogP) is 14.3. The van der Waals surface area contributed by atoms with Crippen LogP contribution in [0.15, 0.2) is 0 Å². The number of esters is 3. The molecule has 0 aromatic heterocycles. The van der Waals surface area contributed by atoms with Gasteiger partial charge in [-0.2, -0.15) is 0 Å². The third-order valence-corrected chi connectivity index (χ3v) is 10.7. The van der Waals surface area contributed by atoms with E-state index in [1.54, 1.807) is 0 Å². The second-order valence-electron chi connectivity index (χ2n) is 15.9. The van der Waals surface area contributed by atoms with Crippen LogP contribution in [-0.2, 0) is 28.6 Å². The van der Waals surface area contributed by atoms with Crippen LogP contribution in [0.25, 0.3) is 0 Å². The van der Waals surface area contributed by atoms with Gasteiger partial charge in [0.05, 0.1) is 0 Å². The van der Waals surface area contributed by atoms with Gasteiger partial charge in [-0.25, -0.2) is 0 Å². The number of hydrogen-bond acceptors (Lipinski definition) is 6. The minimum absolute atomic E-state index is 0.0658. The molecule has 0 rings (SSSR count).